The second-order valence-corrected chi connectivity index (χ2v) is 4.28. The third kappa shape index (κ3) is 2.65. The first kappa shape index (κ1) is 11.9. The fraction of sp³-hybridized carbons (Fsp3) is 0.250. The van der Waals surface area contributed by atoms with E-state index in [4.69, 9.17) is 9.94 Å². The maximum absolute atomic E-state index is 13.2. The van der Waals surface area contributed by atoms with Crippen molar-refractivity contribution in [3.8, 4) is 5.75 Å². The van der Waals surface area contributed by atoms with Gasteiger partial charge in [-0.25, -0.2) is 12.8 Å². The van der Waals surface area contributed by atoms with Crippen LogP contribution >= 0.6 is 0 Å². The van der Waals surface area contributed by atoms with Crippen molar-refractivity contribution < 1.29 is 22.8 Å². The van der Waals surface area contributed by atoms with Crippen LogP contribution in [0.3, 0.4) is 0 Å². The summed E-state index contributed by atoms with van der Waals surface area (Å²) in [6, 6.07) is 3.08. The van der Waals surface area contributed by atoms with Gasteiger partial charge in [0.1, 0.15) is 0 Å². The van der Waals surface area contributed by atoms with Gasteiger partial charge in [0.05, 0.1) is 11.5 Å². The van der Waals surface area contributed by atoms with Crippen LogP contribution in [0.5, 0.6) is 5.75 Å². The number of sulfonamides is 1. The lowest BCUT2D eigenvalue weighted by Crippen LogP contribution is -2.19. The summed E-state index contributed by atoms with van der Waals surface area (Å²) >= 11 is 0. The summed E-state index contributed by atoms with van der Waals surface area (Å²) in [5.74, 6) is -0.831. The highest BCUT2D eigenvalue weighted by Crippen LogP contribution is 2.20. The van der Waals surface area contributed by atoms with Crippen LogP contribution in [0.25, 0.3) is 0 Å². The van der Waals surface area contributed by atoms with Crippen LogP contribution in [0.4, 0.5) is 4.39 Å². The summed E-state index contributed by atoms with van der Waals surface area (Å²) in [5, 5.41) is 8.32. The molecule has 0 aliphatic heterocycles. The Morgan fingerprint density at radius 3 is 2.67 bits per heavy atom. The maximum atomic E-state index is 13.2. The first-order chi connectivity index (χ1) is 7.01. The molecule has 5 nitrogen and oxygen atoms in total. The Labute approximate surface area is 86.5 Å². The number of hydrogen-bond donors (Lipinski definition) is 2. The number of nitrogens with one attached hydrogen (secondary N) is 1. The van der Waals surface area contributed by atoms with E-state index in [1.807, 2.05) is 0 Å². The molecule has 1 aromatic rings. The van der Waals surface area contributed by atoms with Gasteiger partial charge in [-0.15, -0.1) is 0 Å². The predicted molar refractivity (Wildman–Crippen MR) is 49.7 cm³/mol. The fourth-order valence-corrected chi connectivity index (χ4v) is 1.59. The second-order valence-electron chi connectivity index (χ2n) is 2.62. The van der Waals surface area contributed by atoms with Crippen LogP contribution in [0, 0.1) is 5.82 Å². The molecule has 0 amide bonds. The zero-order chi connectivity index (χ0) is 11.5. The van der Waals surface area contributed by atoms with Gasteiger partial charge in [-0.05, 0) is 25.1 Å². The van der Waals surface area contributed by atoms with E-state index in [9.17, 15) is 12.8 Å². The Bertz CT molecular complexity index is 446. The molecule has 0 aromatic heterocycles. The molecule has 1 aromatic carbocycles. The first-order valence-corrected chi connectivity index (χ1v) is 5.58. The number of rotatable bonds is 4. The molecule has 0 atom stereocenters. The second kappa shape index (κ2) is 4.56. The highest BCUT2D eigenvalue weighted by atomic mass is 32.2. The first-order valence-electron chi connectivity index (χ1n) is 4.09. The summed E-state index contributed by atoms with van der Waals surface area (Å²) in [6.45, 7) is 1.96. The molecule has 0 aliphatic rings. The van der Waals surface area contributed by atoms with E-state index in [-0.39, 0.29) is 17.3 Å². The Morgan fingerprint density at radius 1 is 1.53 bits per heavy atom. The Morgan fingerprint density at radius 2 is 2.20 bits per heavy atom. The van der Waals surface area contributed by atoms with Crippen molar-refractivity contribution in [2.75, 3.05) is 6.61 Å². The molecule has 0 aliphatic carbocycles. The number of halogens is 1. The number of ether oxygens (including phenoxy) is 1. The van der Waals surface area contributed by atoms with Crippen LogP contribution in [-0.2, 0) is 10.0 Å². The molecule has 0 spiro atoms. The topological polar surface area (TPSA) is 75.6 Å². The van der Waals surface area contributed by atoms with Crippen LogP contribution in [0.15, 0.2) is 23.1 Å². The maximum Gasteiger partial charge on any atom is 0.262 e. The average molecular weight is 235 g/mol. The minimum Gasteiger partial charge on any atom is -0.491 e. The molecule has 0 radical (unpaired) electrons. The SMILES string of the molecule is CCOc1ccc(S(=O)(=O)NO)cc1F. The van der Waals surface area contributed by atoms with E-state index in [1.165, 1.54) is 6.07 Å². The molecule has 0 saturated carbocycles. The highest BCUT2D eigenvalue weighted by molar-refractivity contribution is 7.89. The molecule has 15 heavy (non-hydrogen) atoms. The van der Waals surface area contributed by atoms with Crippen molar-refractivity contribution >= 4 is 10.0 Å². The van der Waals surface area contributed by atoms with Crippen molar-refractivity contribution in [2.24, 2.45) is 0 Å². The molecule has 84 valence electrons. The number of benzene rings is 1. The molecular weight excluding hydrogens is 225 g/mol. The molecular formula is C8H10FNO4S. The normalized spacial score (nSPS) is 11.4. The van der Waals surface area contributed by atoms with Gasteiger partial charge in [0.25, 0.3) is 10.0 Å². The average Bonchev–Trinajstić information content (AvgIpc) is 2.21. The molecule has 0 bridgehead atoms. The van der Waals surface area contributed by atoms with Crippen LogP contribution in [0.2, 0.25) is 0 Å². The van der Waals surface area contributed by atoms with Gasteiger partial charge in [-0.3, -0.25) is 0 Å². The Hall–Kier alpha value is -1.18. The molecule has 0 saturated heterocycles. The number of hydrogen-bond acceptors (Lipinski definition) is 4. The van der Waals surface area contributed by atoms with E-state index in [0.29, 0.717) is 0 Å². The molecule has 0 fully saturated rings. The summed E-state index contributed by atoms with van der Waals surface area (Å²) in [5.41, 5.74) is 0. The molecule has 2 N–H and O–H groups in total. The van der Waals surface area contributed by atoms with Crippen molar-refractivity contribution in [1.29, 1.82) is 0 Å². The van der Waals surface area contributed by atoms with Crippen LogP contribution in [0.1, 0.15) is 6.92 Å². The zero-order valence-electron chi connectivity index (χ0n) is 7.90. The summed E-state index contributed by atoms with van der Waals surface area (Å²) in [7, 11) is -4.04. The molecule has 7 heteroatoms. The summed E-state index contributed by atoms with van der Waals surface area (Å²) in [6.07, 6.45) is 0. The van der Waals surface area contributed by atoms with Crippen molar-refractivity contribution in [2.45, 2.75) is 11.8 Å². The van der Waals surface area contributed by atoms with E-state index < -0.39 is 15.8 Å². The van der Waals surface area contributed by atoms with Crippen molar-refractivity contribution in [1.82, 2.24) is 4.89 Å². The van der Waals surface area contributed by atoms with Gasteiger partial charge in [0.15, 0.2) is 11.6 Å². The lowest BCUT2D eigenvalue weighted by atomic mass is 10.3. The smallest absolute Gasteiger partial charge is 0.262 e. The minimum atomic E-state index is -4.04. The largest absolute Gasteiger partial charge is 0.491 e. The lowest BCUT2D eigenvalue weighted by Gasteiger charge is -2.06. The van der Waals surface area contributed by atoms with Gasteiger partial charge >= 0.3 is 0 Å². The van der Waals surface area contributed by atoms with E-state index in [0.717, 1.165) is 17.0 Å². The fourth-order valence-electron chi connectivity index (χ4n) is 0.974. The third-order valence-electron chi connectivity index (χ3n) is 1.63. The third-order valence-corrected chi connectivity index (χ3v) is 2.75. The standard InChI is InChI=1S/C8H10FNO4S/c1-2-14-8-4-3-6(5-7(8)9)15(12,13)10-11/h3-5,10-11H,2H2,1H3. The van der Waals surface area contributed by atoms with Crippen LogP contribution in [-0.4, -0.2) is 20.2 Å². The molecule has 1 rings (SSSR count). The van der Waals surface area contributed by atoms with Gasteiger partial charge in [0, 0.05) is 0 Å². The monoisotopic (exact) mass is 235 g/mol. The van der Waals surface area contributed by atoms with Gasteiger partial charge < -0.3 is 9.94 Å². The summed E-state index contributed by atoms with van der Waals surface area (Å²) in [4.78, 5) is 0.732. The highest BCUT2D eigenvalue weighted by Gasteiger charge is 2.15. The predicted octanol–water partition coefficient (Wildman–Crippen LogP) is 0.892. The van der Waals surface area contributed by atoms with E-state index in [2.05, 4.69) is 0 Å². The lowest BCUT2D eigenvalue weighted by molar-refractivity contribution is 0.242. The van der Waals surface area contributed by atoms with Crippen LogP contribution < -0.4 is 9.62 Å². The molecule has 0 unspecified atom stereocenters. The van der Waals surface area contributed by atoms with E-state index >= 15 is 0 Å². The van der Waals surface area contributed by atoms with Gasteiger partial charge in [0.2, 0.25) is 0 Å². The van der Waals surface area contributed by atoms with Gasteiger partial charge in [-0.2, -0.15) is 0 Å². The quantitative estimate of drug-likeness (QED) is 0.760. The van der Waals surface area contributed by atoms with Crippen molar-refractivity contribution in [3.05, 3.63) is 24.0 Å². The van der Waals surface area contributed by atoms with E-state index in [1.54, 1.807) is 6.92 Å². The van der Waals surface area contributed by atoms with Gasteiger partial charge in [-0.1, -0.05) is 4.89 Å². The summed E-state index contributed by atoms with van der Waals surface area (Å²) < 4.78 is 40.2. The Kier molecular flexibility index (Phi) is 3.61. The minimum absolute atomic E-state index is 0.0330. The molecule has 0 heterocycles. The zero-order valence-corrected chi connectivity index (χ0v) is 8.71. The van der Waals surface area contributed by atoms with Crippen molar-refractivity contribution in [3.63, 3.8) is 0 Å². The Balaban J connectivity index is 3.12.